The molecular formula is C16H24F3NO2. The van der Waals surface area contributed by atoms with E-state index in [0.29, 0.717) is 30.9 Å². The molecule has 0 amide bonds. The maximum Gasteiger partial charge on any atom is 0.416 e. The van der Waals surface area contributed by atoms with Crippen molar-refractivity contribution in [3.8, 4) is 5.75 Å². The average Bonchev–Trinajstić information content (AvgIpc) is 2.46. The molecule has 0 fully saturated rings. The fourth-order valence-corrected chi connectivity index (χ4v) is 2.27. The van der Waals surface area contributed by atoms with Crippen LogP contribution >= 0.6 is 0 Å². The highest BCUT2D eigenvalue weighted by molar-refractivity contribution is 5.38. The summed E-state index contributed by atoms with van der Waals surface area (Å²) in [5.74, 6) is 0.284. The molecule has 0 heterocycles. The predicted molar refractivity (Wildman–Crippen MR) is 79.7 cm³/mol. The Morgan fingerprint density at radius 2 is 2.00 bits per heavy atom. The molecule has 0 aliphatic rings. The third-order valence-electron chi connectivity index (χ3n) is 3.73. The zero-order valence-electron chi connectivity index (χ0n) is 13.0. The van der Waals surface area contributed by atoms with E-state index in [1.807, 2.05) is 13.8 Å². The van der Waals surface area contributed by atoms with Gasteiger partial charge in [0.2, 0.25) is 0 Å². The number of ether oxygens (including phenoxy) is 1. The maximum atomic E-state index is 12.9. The number of alkyl halides is 3. The molecular weight excluding hydrogens is 295 g/mol. The van der Waals surface area contributed by atoms with Crippen molar-refractivity contribution in [2.45, 2.75) is 32.9 Å². The van der Waals surface area contributed by atoms with Crippen LogP contribution in [0.3, 0.4) is 0 Å². The normalized spacial score (nSPS) is 14.7. The number of nitrogens with two attached hydrogens (primary N) is 1. The van der Waals surface area contributed by atoms with Gasteiger partial charge >= 0.3 is 6.18 Å². The first kappa shape index (κ1) is 18.8. The van der Waals surface area contributed by atoms with Crippen LogP contribution in [0.1, 0.15) is 31.4 Å². The maximum absolute atomic E-state index is 12.9. The SMILES string of the molecule is CCCOc1ccc(C(F)(F)F)cc1CC(C)C(CN)CO. The molecule has 1 aromatic carbocycles. The van der Waals surface area contributed by atoms with Crippen molar-refractivity contribution in [1.82, 2.24) is 0 Å². The third kappa shape index (κ3) is 5.18. The van der Waals surface area contributed by atoms with Crippen molar-refractivity contribution in [2.24, 2.45) is 17.6 Å². The molecule has 0 saturated heterocycles. The molecule has 0 aromatic heterocycles. The summed E-state index contributed by atoms with van der Waals surface area (Å²) in [6, 6.07) is 3.54. The van der Waals surface area contributed by atoms with Crippen LogP contribution in [-0.4, -0.2) is 24.9 Å². The first-order valence-electron chi connectivity index (χ1n) is 7.47. The van der Waals surface area contributed by atoms with Crippen LogP contribution in [-0.2, 0) is 12.6 Å². The number of aliphatic hydroxyl groups excluding tert-OH is 1. The second-order valence-electron chi connectivity index (χ2n) is 5.53. The number of halogens is 3. The van der Waals surface area contributed by atoms with E-state index in [0.717, 1.165) is 18.6 Å². The van der Waals surface area contributed by atoms with Crippen LogP contribution in [0.4, 0.5) is 13.2 Å². The highest BCUT2D eigenvalue weighted by Crippen LogP contribution is 2.34. The Bertz CT molecular complexity index is 459. The molecule has 2 atom stereocenters. The van der Waals surface area contributed by atoms with E-state index in [1.54, 1.807) is 0 Å². The molecule has 6 heteroatoms. The lowest BCUT2D eigenvalue weighted by Gasteiger charge is -2.22. The number of aliphatic hydroxyl groups is 1. The summed E-state index contributed by atoms with van der Waals surface area (Å²) in [5.41, 5.74) is 5.40. The Kier molecular flexibility index (Phi) is 7.16. The summed E-state index contributed by atoms with van der Waals surface area (Å²) in [7, 11) is 0. The first-order chi connectivity index (χ1) is 10.3. The van der Waals surface area contributed by atoms with E-state index in [-0.39, 0.29) is 18.4 Å². The summed E-state index contributed by atoms with van der Waals surface area (Å²) >= 11 is 0. The van der Waals surface area contributed by atoms with Gasteiger partial charge in [0.15, 0.2) is 0 Å². The van der Waals surface area contributed by atoms with Crippen molar-refractivity contribution < 1.29 is 23.0 Å². The lowest BCUT2D eigenvalue weighted by molar-refractivity contribution is -0.137. The zero-order valence-corrected chi connectivity index (χ0v) is 13.0. The fourth-order valence-electron chi connectivity index (χ4n) is 2.27. The van der Waals surface area contributed by atoms with Gasteiger partial charge in [-0.1, -0.05) is 13.8 Å². The molecule has 2 unspecified atom stereocenters. The van der Waals surface area contributed by atoms with E-state index < -0.39 is 11.7 Å². The van der Waals surface area contributed by atoms with Gasteiger partial charge in [-0.25, -0.2) is 0 Å². The second kappa shape index (κ2) is 8.39. The Morgan fingerprint density at radius 1 is 1.32 bits per heavy atom. The van der Waals surface area contributed by atoms with Gasteiger partial charge in [0.25, 0.3) is 0 Å². The highest BCUT2D eigenvalue weighted by atomic mass is 19.4. The summed E-state index contributed by atoms with van der Waals surface area (Å²) in [6.45, 7) is 4.47. The molecule has 0 aliphatic carbocycles. The molecule has 1 rings (SSSR count). The van der Waals surface area contributed by atoms with E-state index >= 15 is 0 Å². The van der Waals surface area contributed by atoms with Gasteiger partial charge in [-0.05, 0) is 55.0 Å². The third-order valence-corrected chi connectivity index (χ3v) is 3.73. The quantitative estimate of drug-likeness (QED) is 0.773. The smallest absolute Gasteiger partial charge is 0.416 e. The molecule has 22 heavy (non-hydrogen) atoms. The summed E-state index contributed by atoms with van der Waals surface area (Å²) in [4.78, 5) is 0. The van der Waals surface area contributed by atoms with Crippen LogP contribution < -0.4 is 10.5 Å². The molecule has 1 aromatic rings. The Labute approximate surface area is 129 Å². The summed E-state index contributed by atoms with van der Waals surface area (Å²) < 4.78 is 44.2. The van der Waals surface area contributed by atoms with Crippen LogP contribution in [0, 0.1) is 11.8 Å². The van der Waals surface area contributed by atoms with Crippen molar-refractivity contribution in [1.29, 1.82) is 0 Å². The molecule has 0 spiro atoms. The van der Waals surface area contributed by atoms with Gasteiger partial charge < -0.3 is 15.6 Å². The minimum Gasteiger partial charge on any atom is -0.493 e. The number of hydrogen-bond acceptors (Lipinski definition) is 3. The molecule has 0 radical (unpaired) electrons. The van der Waals surface area contributed by atoms with E-state index in [2.05, 4.69) is 0 Å². The Balaban J connectivity index is 3.05. The van der Waals surface area contributed by atoms with Gasteiger partial charge in [-0.2, -0.15) is 13.2 Å². The van der Waals surface area contributed by atoms with Gasteiger partial charge in [-0.3, -0.25) is 0 Å². The zero-order chi connectivity index (χ0) is 16.8. The number of rotatable bonds is 8. The van der Waals surface area contributed by atoms with Gasteiger partial charge in [0.05, 0.1) is 12.2 Å². The van der Waals surface area contributed by atoms with Crippen LogP contribution in [0.2, 0.25) is 0 Å². The second-order valence-corrected chi connectivity index (χ2v) is 5.53. The summed E-state index contributed by atoms with van der Waals surface area (Å²) in [6.07, 6.45) is -3.23. The number of hydrogen-bond donors (Lipinski definition) is 2. The van der Waals surface area contributed by atoms with Crippen molar-refractivity contribution in [3.63, 3.8) is 0 Å². The van der Waals surface area contributed by atoms with Crippen molar-refractivity contribution >= 4 is 0 Å². The largest absolute Gasteiger partial charge is 0.493 e. The predicted octanol–water partition coefficient (Wildman–Crippen LogP) is 3.24. The molecule has 3 N–H and O–H groups in total. The monoisotopic (exact) mass is 319 g/mol. The topological polar surface area (TPSA) is 55.5 Å². The van der Waals surface area contributed by atoms with Crippen molar-refractivity contribution in [2.75, 3.05) is 19.8 Å². The van der Waals surface area contributed by atoms with E-state index in [4.69, 9.17) is 10.5 Å². The van der Waals surface area contributed by atoms with Gasteiger partial charge in [0.1, 0.15) is 5.75 Å². The molecule has 126 valence electrons. The lowest BCUT2D eigenvalue weighted by atomic mass is 9.88. The molecule has 0 saturated carbocycles. The molecule has 0 bridgehead atoms. The van der Waals surface area contributed by atoms with Gasteiger partial charge in [0, 0.05) is 6.61 Å². The first-order valence-corrected chi connectivity index (χ1v) is 7.47. The minimum absolute atomic E-state index is 0.0394. The fraction of sp³-hybridized carbons (Fsp3) is 0.625. The van der Waals surface area contributed by atoms with E-state index in [1.165, 1.54) is 6.07 Å². The highest BCUT2D eigenvalue weighted by Gasteiger charge is 2.31. The summed E-state index contributed by atoms with van der Waals surface area (Å²) in [5, 5.41) is 9.28. The minimum atomic E-state index is -4.38. The van der Waals surface area contributed by atoms with Gasteiger partial charge in [-0.15, -0.1) is 0 Å². The van der Waals surface area contributed by atoms with Crippen LogP contribution in [0.25, 0.3) is 0 Å². The standard InChI is InChI=1S/C16H24F3NO2/c1-3-6-22-15-5-4-14(16(17,18)19)8-12(15)7-11(2)13(9-20)10-21/h4-5,8,11,13,21H,3,6-7,9-10,20H2,1-2H3. The van der Waals surface area contributed by atoms with E-state index in [9.17, 15) is 18.3 Å². The Morgan fingerprint density at radius 3 is 2.50 bits per heavy atom. The lowest BCUT2D eigenvalue weighted by Crippen LogP contribution is -2.26. The number of benzene rings is 1. The average molecular weight is 319 g/mol. The molecule has 3 nitrogen and oxygen atoms in total. The Hall–Kier alpha value is -1.27. The molecule has 0 aliphatic heterocycles. The van der Waals surface area contributed by atoms with Crippen LogP contribution in [0.15, 0.2) is 18.2 Å². The van der Waals surface area contributed by atoms with Crippen molar-refractivity contribution in [3.05, 3.63) is 29.3 Å². The van der Waals surface area contributed by atoms with Crippen LogP contribution in [0.5, 0.6) is 5.75 Å².